The van der Waals surface area contributed by atoms with Crippen LogP contribution in [0, 0.1) is 0 Å². The number of hydroxylamine groups is 2. The zero-order valence-electron chi connectivity index (χ0n) is 13.4. The van der Waals surface area contributed by atoms with Gasteiger partial charge in [0.15, 0.2) is 0 Å². The molecule has 5 heteroatoms. The fourth-order valence-corrected chi connectivity index (χ4v) is 2.43. The lowest BCUT2D eigenvalue weighted by molar-refractivity contribution is -0.0220. The molecule has 2 amide bonds. The summed E-state index contributed by atoms with van der Waals surface area (Å²) in [5.41, 5.74) is 1.43. The zero-order chi connectivity index (χ0) is 16.9. The molecule has 0 N–H and O–H groups in total. The standard InChI is InChI=1S/C19H18N2O3/c1-2-3-13-20-17(14-9-5-4-6-10-14)24-21-18(22)15-11-7-8-12-16(15)19(21)23/h4-12H,2-3,13H2,1H3. The number of fused-ring (bicyclic) bond motifs is 1. The van der Waals surface area contributed by atoms with E-state index in [0.29, 0.717) is 17.7 Å². The van der Waals surface area contributed by atoms with Crippen molar-refractivity contribution in [2.24, 2.45) is 4.99 Å². The number of nitrogens with zero attached hydrogens (tertiary/aromatic N) is 2. The number of unbranched alkanes of at least 4 members (excludes halogenated alkanes) is 1. The van der Waals surface area contributed by atoms with Crippen LogP contribution in [-0.2, 0) is 4.84 Å². The Labute approximate surface area is 140 Å². The van der Waals surface area contributed by atoms with Crippen molar-refractivity contribution in [3.8, 4) is 0 Å². The van der Waals surface area contributed by atoms with Crippen molar-refractivity contribution in [1.82, 2.24) is 5.06 Å². The van der Waals surface area contributed by atoms with E-state index >= 15 is 0 Å². The quantitative estimate of drug-likeness (QED) is 0.366. The highest BCUT2D eigenvalue weighted by atomic mass is 16.7. The van der Waals surface area contributed by atoms with E-state index in [1.807, 2.05) is 30.3 Å². The van der Waals surface area contributed by atoms with Gasteiger partial charge in [0.2, 0.25) is 5.90 Å². The molecule has 2 aromatic rings. The van der Waals surface area contributed by atoms with Crippen LogP contribution in [0.3, 0.4) is 0 Å². The van der Waals surface area contributed by atoms with Crippen LogP contribution in [0.25, 0.3) is 0 Å². The van der Waals surface area contributed by atoms with E-state index in [9.17, 15) is 9.59 Å². The van der Waals surface area contributed by atoms with Gasteiger partial charge in [0.1, 0.15) is 0 Å². The van der Waals surface area contributed by atoms with Gasteiger partial charge in [-0.3, -0.25) is 9.59 Å². The second-order valence-corrected chi connectivity index (χ2v) is 5.45. The van der Waals surface area contributed by atoms with Crippen LogP contribution < -0.4 is 0 Å². The first-order chi connectivity index (χ1) is 11.7. The number of rotatable bonds is 5. The van der Waals surface area contributed by atoms with Crippen LogP contribution in [0.5, 0.6) is 0 Å². The highest BCUT2D eigenvalue weighted by Gasteiger charge is 2.38. The molecule has 0 aromatic heterocycles. The van der Waals surface area contributed by atoms with Crippen molar-refractivity contribution in [2.45, 2.75) is 19.8 Å². The maximum Gasteiger partial charge on any atom is 0.295 e. The molecule has 0 saturated heterocycles. The molecule has 0 unspecified atom stereocenters. The van der Waals surface area contributed by atoms with E-state index in [1.165, 1.54) is 0 Å². The van der Waals surface area contributed by atoms with E-state index < -0.39 is 11.8 Å². The van der Waals surface area contributed by atoms with Crippen LogP contribution in [0.4, 0.5) is 0 Å². The Hall–Kier alpha value is -2.95. The van der Waals surface area contributed by atoms with Crippen LogP contribution in [-0.4, -0.2) is 29.3 Å². The van der Waals surface area contributed by atoms with E-state index in [-0.39, 0.29) is 5.90 Å². The Kier molecular flexibility index (Phi) is 4.70. The molecule has 122 valence electrons. The molecule has 1 aliphatic rings. The first-order valence-corrected chi connectivity index (χ1v) is 7.98. The first-order valence-electron chi connectivity index (χ1n) is 7.98. The summed E-state index contributed by atoms with van der Waals surface area (Å²) in [6.07, 6.45) is 1.90. The second-order valence-electron chi connectivity index (χ2n) is 5.45. The number of imide groups is 1. The number of carbonyl (C=O) groups excluding carboxylic acids is 2. The molecule has 0 aliphatic carbocycles. The van der Waals surface area contributed by atoms with Gasteiger partial charge in [-0.25, -0.2) is 4.99 Å². The number of aliphatic imine (C=N–C) groups is 1. The highest BCUT2D eigenvalue weighted by Crippen LogP contribution is 2.23. The van der Waals surface area contributed by atoms with Crippen LogP contribution in [0.2, 0.25) is 0 Å². The van der Waals surface area contributed by atoms with Gasteiger partial charge in [0, 0.05) is 12.1 Å². The monoisotopic (exact) mass is 322 g/mol. The lowest BCUT2D eigenvalue weighted by Crippen LogP contribution is -2.33. The van der Waals surface area contributed by atoms with Crippen LogP contribution >= 0.6 is 0 Å². The summed E-state index contributed by atoms with van der Waals surface area (Å²) in [5, 5.41) is 0.794. The van der Waals surface area contributed by atoms with Gasteiger partial charge >= 0.3 is 0 Å². The summed E-state index contributed by atoms with van der Waals surface area (Å²) in [6, 6.07) is 16.0. The largest absolute Gasteiger partial charge is 0.348 e. The third kappa shape index (κ3) is 3.06. The number of hydrogen-bond donors (Lipinski definition) is 0. The first kappa shape index (κ1) is 15.9. The maximum absolute atomic E-state index is 12.4. The third-order valence-corrected chi connectivity index (χ3v) is 3.72. The molecule has 1 aliphatic heterocycles. The summed E-state index contributed by atoms with van der Waals surface area (Å²) < 4.78 is 0. The van der Waals surface area contributed by atoms with Crippen molar-refractivity contribution in [2.75, 3.05) is 6.54 Å². The molecule has 2 aromatic carbocycles. The Morgan fingerprint density at radius 3 is 2.12 bits per heavy atom. The maximum atomic E-state index is 12.4. The van der Waals surface area contributed by atoms with Crippen LogP contribution in [0.1, 0.15) is 46.0 Å². The van der Waals surface area contributed by atoms with Crippen LogP contribution in [0.15, 0.2) is 59.6 Å². The molecule has 0 fully saturated rings. The minimum atomic E-state index is -0.463. The molecule has 5 nitrogen and oxygen atoms in total. The molecular weight excluding hydrogens is 304 g/mol. The van der Waals surface area contributed by atoms with Gasteiger partial charge in [-0.1, -0.05) is 48.7 Å². The van der Waals surface area contributed by atoms with E-state index in [0.717, 1.165) is 23.5 Å². The second kappa shape index (κ2) is 7.08. The van der Waals surface area contributed by atoms with Gasteiger partial charge in [0.05, 0.1) is 11.1 Å². The van der Waals surface area contributed by atoms with Crippen molar-refractivity contribution >= 4 is 17.7 Å². The van der Waals surface area contributed by atoms with Gasteiger partial charge < -0.3 is 4.84 Å². The highest BCUT2D eigenvalue weighted by molar-refractivity contribution is 6.21. The normalized spacial score (nSPS) is 14.0. The van der Waals surface area contributed by atoms with Gasteiger partial charge in [-0.05, 0) is 30.7 Å². The average molecular weight is 322 g/mol. The third-order valence-electron chi connectivity index (χ3n) is 3.72. The molecule has 0 radical (unpaired) electrons. The van der Waals surface area contributed by atoms with E-state index in [4.69, 9.17) is 4.84 Å². The fraction of sp³-hybridized carbons (Fsp3) is 0.211. The fourth-order valence-electron chi connectivity index (χ4n) is 2.43. The SMILES string of the molecule is CCCCN=C(ON1C(=O)c2ccccc2C1=O)c1ccccc1. The van der Waals surface area contributed by atoms with Crippen molar-refractivity contribution < 1.29 is 14.4 Å². The van der Waals surface area contributed by atoms with Crippen molar-refractivity contribution in [1.29, 1.82) is 0 Å². The molecule has 3 rings (SSSR count). The molecule has 0 spiro atoms. The van der Waals surface area contributed by atoms with Gasteiger partial charge in [0.25, 0.3) is 11.8 Å². The molecule has 1 heterocycles. The topological polar surface area (TPSA) is 59.0 Å². The summed E-state index contributed by atoms with van der Waals surface area (Å²) in [6.45, 7) is 2.65. The molecule has 0 saturated carbocycles. The lowest BCUT2D eigenvalue weighted by atomic mass is 10.1. The van der Waals surface area contributed by atoms with E-state index in [1.54, 1.807) is 24.3 Å². The Morgan fingerprint density at radius 1 is 0.958 bits per heavy atom. The Morgan fingerprint density at radius 2 is 1.54 bits per heavy atom. The smallest absolute Gasteiger partial charge is 0.295 e. The number of amides is 2. The molecular formula is C19H18N2O3. The predicted molar refractivity (Wildman–Crippen MR) is 90.8 cm³/mol. The lowest BCUT2D eigenvalue weighted by Gasteiger charge is -2.16. The van der Waals surface area contributed by atoms with Gasteiger partial charge in [-0.15, -0.1) is 0 Å². The number of hydrogen-bond acceptors (Lipinski definition) is 4. The summed E-state index contributed by atoms with van der Waals surface area (Å²) in [7, 11) is 0. The van der Waals surface area contributed by atoms with E-state index in [2.05, 4.69) is 11.9 Å². The summed E-state index contributed by atoms with van der Waals surface area (Å²) in [5.74, 6) is -0.650. The zero-order valence-corrected chi connectivity index (χ0v) is 13.4. The van der Waals surface area contributed by atoms with Crippen molar-refractivity contribution in [3.05, 3.63) is 71.3 Å². The van der Waals surface area contributed by atoms with Gasteiger partial charge in [-0.2, -0.15) is 0 Å². The summed E-state index contributed by atoms with van der Waals surface area (Å²) >= 11 is 0. The minimum Gasteiger partial charge on any atom is -0.348 e. The molecule has 24 heavy (non-hydrogen) atoms. The van der Waals surface area contributed by atoms with Crippen molar-refractivity contribution in [3.63, 3.8) is 0 Å². The average Bonchev–Trinajstić information content (AvgIpc) is 2.87. The predicted octanol–water partition coefficient (Wildman–Crippen LogP) is 3.46. The number of benzene rings is 2. The summed E-state index contributed by atoms with van der Waals surface area (Å²) in [4.78, 5) is 34.9. The number of carbonyl (C=O) groups is 2. The molecule has 0 bridgehead atoms. The Balaban J connectivity index is 1.87. The minimum absolute atomic E-state index is 0.276. The Bertz CT molecular complexity index is 749. The molecule has 0 atom stereocenters.